The number of hydrogen-bond acceptors (Lipinski definition) is 3. The second-order valence-corrected chi connectivity index (χ2v) is 8.35. The van der Waals surface area contributed by atoms with Crippen molar-refractivity contribution in [2.45, 2.75) is 6.92 Å². The van der Waals surface area contributed by atoms with Gasteiger partial charge in [-0.3, -0.25) is 4.79 Å². The molecule has 46 valence electrons. The van der Waals surface area contributed by atoms with Crippen LogP contribution in [0.1, 0.15) is 6.92 Å². The largest absolute Gasteiger partial charge is 0.293 e. The van der Waals surface area contributed by atoms with Gasteiger partial charge in [0.1, 0.15) is 0 Å². The number of rotatable bonds is 1. The van der Waals surface area contributed by atoms with Crippen LogP contribution in [0.15, 0.2) is 0 Å². The van der Waals surface area contributed by atoms with Crippen LogP contribution in [0.4, 0.5) is 0 Å². The summed E-state index contributed by atoms with van der Waals surface area (Å²) in [5.74, 6) is 2.35. The molecule has 1 aliphatic heterocycles. The molecule has 1 nitrogen and oxygen atoms in total. The summed E-state index contributed by atoms with van der Waals surface area (Å²) in [6, 6.07) is 0. The van der Waals surface area contributed by atoms with E-state index in [-0.39, 0.29) is 6.33 Å². The maximum absolute atomic E-state index is 10.6. The third-order valence-electron chi connectivity index (χ3n) is 0.758. The van der Waals surface area contributed by atoms with E-state index in [0.717, 1.165) is 0 Å². The van der Waals surface area contributed by atoms with E-state index >= 15 is 0 Å². The predicted molar refractivity (Wildman–Crippen MR) is 42.5 cm³/mol. The van der Waals surface area contributed by atoms with Gasteiger partial charge in [0.15, 0.2) is 5.52 Å². The predicted octanol–water partition coefficient (Wildman–Crippen LogP) is 2.32. The summed E-state index contributed by atoms with van der Waals surface area (Å²) in [6.07, 6.45) is -0.310. The Kier molecular flexibility index (Phi) is 2.67. The minimum Gasteiger partial charge on any atom is -0.293 e. The van der Waals surface area contributed by atoms with Crippen LogP contribution in [-0.4, -0.2) is 17.0 Å². The van der Waals surface area contributed by atoms with E-state index in [1.54, 1.807) is 6.92 Å². The van der Waals surface area contributed by atoms with Crippen LogP contribution in [0.2, 0.25) is 0 Å². The number of hydrogen-bond donors (Lipinski definition) is 0. The lowest BCUT2D eigenvalue weighted by Crippen LogP contribution is -1.74. The quantitative estimate of drug-likeness (QED) is 0.556. The summed E-state index contributed by atoms with van der Waals surface area (Å²) < 4.78 is 0. The van der Waals surface area contributed by atoms with Gasteiger partial charge in [-0.25, -0.2) is 0 Å². The molecule has 0 bridgehead atoms. The molecule has 0 radical (unpaired) electrons. The highest BCUT2D eigenvalue weighted by atomic mass is 33.1. The first kappa shape index (κ1) is 6.91. The summed E-state index contributed by atoms with van der Waals surface area (Å²) >= 11 is 3.66. The molecule has 0 aromatic heterocycles. The fourth-order valence-corrected chi connectivity index (χ4v) is 7.49. The summed E-state index contributed by atoms with van der Waals surface area (Å²) in [6.45, 7) is 1.69. The van der Waals surface area contributed by atoms with Crippen LogP contribution in [0.3, 0.4) is 0 Å². The van der Waals surface area contributed by atoms with E-state index in [0.29, 0.717) is 5.52 Å². The molecule has 1 rings (SSSR count). The first-order valence-corrected chi connectivity index (χ1v) is 6.89. The smallest absolute Gasteiger partial charge is 0.172 e. The maximum atomic E-state index is 10.6. The standard InChI is InChI=1S/C4H7OPS2/c1-4(5)6-7-2-3-8-6/h2-3H2,1H3. The van der Waals surface area contributed by atoms with Gasteiger partial charge < -0.3 is 0 Å². The lowest BCUT2D eigenvalue weighted by Gasteiger charge is -1.97. The Balaban J connectivity index is 2.35. The van der Waals surface area contributed by atoms with E-state index in [9.17, 15) is 4.79 Å². The fraction of sp³-hybridized carbons (Fsp3) is 0.750. The molecular formula is C4H7OPS2. The van der Waals surface area contributed by atoms with Gasteiger partial charge in [0.05, 0.1) is 6.33 Å². The van der Waals surface area contributed by atoms with Gasteiger partial charge in [-0.15, -0.1) is 22.8 Å². The van der Waals surface area contributed by atoms with Gasteiger partial charge in [0.2, 0.25) is 0 Å². The Bertz CT molecular complexity index is 100. The molecule has 0 aliphatic carbocycles. The second-order valence-electron chi connectivity index (χ2n) is 1.44. The Morgan fingerprint density at radius 2 is 2.00 bits per heavy atom. The number of carbonyl (C=O) groups excluding carboxylic acids is 1. The summed E-state index contributed by atoms with van der Waals surface area (Å²) in [4.78, 5) is 10.6. The van der Waals surface area contributed by atoms with Gasteiger partial charge >= 0.3 is 0 Å². The molecule has 1 aliphatic rings. The van der Waals surface area contributed by atoms with Gasteiger partial charge in [-0.1, -0.05) is 0 Å². The SMILES string of the molecule is CC(=O)P1SCCS1. The van der Waals surface area contributed by atoms with E-state index in [2.05, 4.69) is 0 Å². The van der Waals surface area contributed by atoms with Crippen molar-refractivity contribution in [1.82, 2.24) is 0 Å². The van der Waals surface area contributed by atoms with Crippen LogP contribution < -0.4 is 0 Å². The van der Waals surface area contributed by atoms with E-state index in [4.69, 9.17) is 0 Å². The molecule has 8 heavy (non-hydrogen) atoms. The zero-order valence-corrected chi connectivity index (χ0v) is 7.11. The zero-order valence-electron chi connectivity index (χ0n) is 4.59. The highest BCUT2D eigenvalue weighted by Crippen LogP contribution is 2.65. The molecule has 0 aromatic rings. The van der Waals surface area contributed by atoms with Crippen LogP contribution >= 0.6 is 29.1 Å². The monoisotopic (exact) mass is 166 g/mol. The summed E-state index contributed by atoms with van der Waals surface area (Å²) in [7, 11) is 0. The van der Waals surface area contributed by atoms with Crippen molar-refractivity contribution in [3.8, 4) is 0 Å². The average Bonchev–Trinajstić information content (AvgIpc) is 2.12. The average molecular weight is 166 g/mol. The number of carbonyl (C=O) groups is 1. The van der Waals surface area contributed by atoms with E-state index < -0.39 is 0 Å². The molecule has 0 unspecified atom stereocenters. The molecule has 0 N–H and O–H groups in total. The molecule has 0 spiro atoms. The van der Waals surface area contributed by atoms with Gasteiger partial charge in [0, 0.05) is 18.4 Å². The molecule has 0 aromatic carbocycles. The van der Waals surface area contributed by atoms with Crippen molar-refractivity contribution >= 4 is 34.6 Å². The molecule has 0 atom stereocenters. The maximum Gasteiger partial charge on any atom is 0.172 e. The van der Waals surface area contributed by atoms with Crippen molar-refractivity contribution in [3.05, 3.63) is 0 Å². The van der Waals surface area contributed by atoms with Gasteiger partial charge in [-0.2, -0.15) is 0 Å². The highest BCUT2D eigenvalue weighted by molar-refractivity contribution is 8.93. The zero-order chi connectivity index (χ0) is 5.98. The highest BCUT2D eigenvalue weighted by Gasteiger charge is 2.19. The molecular weight excluding hydrogens is 159 g/mol. The van der Waals surface area contributed by atoms with Crippen LogP contribution in [-0.2, 0) is 4.79 Å². The Labute approximate surface area is 58.2 Å². The van der Waals surface area contributed by atoms with E-state index in [1.807, 2.05) is 22.8 Å². The lowest BCUT2D eigenvalue weighted by molar-refractivity contribution is -0.109. The van der Waals surface area contributed by atoms with Crippen molar-refractivity contribution < 1.29 is 4.79 Å². The topological polar surface area (TPSA) is 17.1 Å². The lowest BCUT2D eigenvalue weighted by atomic mass is 10.9. The van der Waals surface area contributed by atoms with Gasteiger partial charge in [-0.05, 0) is 0 Å². The Morgan fingerprint density at radius 1 is 1.50 bits per heavy atom. The molecule has 0 saturated carbocycles. The van der Waals surface area contributed by atoms with Crippen molar-refractivity contribution in [3.63, 3.8) is 0 Å². The van der Waals surface area contributed by atoms with Crippen LogP contribution in [0.25, 0.3) is 0 Å². The van der Waals surface area contributed by atoms with Crippen molar-refractivity contribution in [1.29, 1.82) is 0 Å². The first-order valence-electron chi connectivity index (χ1n) is 2.37. The van der Waals surface area contributed by atoms with Crippen LogP contribution in [0.5, 0.6) is 0 Å². The molecule has 4 heteroatoms. The summed E-state index contributed by atoms with van der Waals surface area (Å²) in [5, 5.41) is 0. The molecule has 1 fully saturated rings. The minimum absolute atomic E-state index is 0.310. The fourth-order valence-electron chi connectivity index (χ4n) is 0.459. The Hall–Kier alpha value is 0.800. The molecule has 1 heterocycles. The third kappa shape index (κ3) is 1.64. The third-order valence-corrected chi connectivity index (χ3v) is 8.72. The van der Waals surface area contributed by atoms with Crippen molar-refractivity contribution in [2.75, 3.05) is 11.5 Å². The normalized spacial score (nSPS) is 21.6. The van der Waals surface area contributed by atoms with Crippen molar-refractivity contribution in [2.24, 2.45) is 0 Å². The minimum atomic E-state index is -0.310. The summed E-state index contributed by atoms with van der Waals surface area (Å²) in [5.41, 5.74) is 0.382. The Morgan fingerprint density at radius 3 is 2.25 bits per heavy atom. The van der Waals surface area contributed by atoms with Gasteiger partial charge in [0.25, 0.3) is 0 Å². The van der Waals surface area contributed by atoms with E-state index in [1.165, 1.54) is 11.5 Å². The second kappa shape index (κ2) is 3.09. The first-order chi connectivity index (χ1) is 3.80. The molecule has 1 saturated heterocycles. The van der Waals surface area contributed by atoms with Crippen LogP contribution in [0, 0.1) is 0 Å². The molecule has 0 amide bonds.